The van der Waals surface area contributed by atoms with Gasteiger partial charge in [0.15, 0.2) is 6.61 Å². The van der Waals surface area contributed by atoms with E-state index in [0.29, 0.717) is 5.75 Å². The second-order valence-electron chi connectivity index (χ2n) is 6.70. The molecular weight excluding hydrogens is 314 g/mol. The van der Waals surface area contributed by atoms with Crippen LogP contribution in [0.1, 0.15) is 30.0 Å². The fraction of sp³-hybridized carbons (Fsp3) is 0.400. The molecule has 0 bridgehead atoms. The van der Waals surface area contributed by atoms with Gasteiger partial charge in [-0.1, -0.05) is 24.3 Å². The predicted octanol–water partition coefficient (Wildman–Crippen LogP) is 2.89. The van der Waals surface area contributed by atoms with Gasteiger partial charge in [-0.25, -0.2) is 0 Å². The third-order valence-electron chi connectivity index (χ3n) is 4.43. The van der Waals surface area contributed by atoms with Crippen LogP contribution in [0.4, 0.5) is 0 Å². The molecule has 1 atom stereocenters. The molecule has 0 aliphatic carbocycles. The van der Waals surface area contributed by atoms with Crippen LogP contribution in [0.5, 0.6) is 5.75 Å². The van der Waals surface area contributed by atoms with Gasteiger partial charge < -0.3 is 14.5 Å². The van der Waals surface area contributed by atoms with E-state index in [9.17, 15) is 4.79 Å². The summed E-state index contributed by atoms with van der Waals surface area (Å²) in [7, 11) is 4.13. The SMILES string of the molecule is CN(C)Cc1ccc(C2CCCN2C(=O)COc2cccnc2)cc1. The lowest BCUT2D eigenvalue weighted by atomic mass is 10.0. The fourth-order valence-electron chi connectivity index (χ4n) is 3.28. The molecule has 25 heavy (non-hydrogen) atoms. The maximum Gasteiger partial charge on any atom is 0.261 e. The normalized spacial score (nSPS) is 17.1. The molecule has 2 heterocycles. The molecule has 1 aromatic carbocycles. The number of hydrogen-bond acceptors (Lipinski definition) is 4. The van der Waals surface area contributed by atoms with E-state index in [1.54, 1.807) is 18.5 Å². The van der Waals surface area contributed by atoms with E-state index in [2.05, 4.69) is 48.2 Å². The Hall–Kier alpha value is -2.40. The molecule has 1 aliphatic heterocycles. The number of rotatable bonds is 6. The van der Waals surface area contributed by atoms with E-state index < -0.39 is 0 Å². The molecule has 1 amide bonds. The number of aromatic nitrogens is 1. The zero-order valence-corrected chi connectivity index (χ0v) is 14.9. The first-order valence-electron chi connectivity index (χ1n) is 8.69. The van der Waals surface area contributed by atoms with Gasteiger partial charge in [-0.15, -0.1) is 0 Å². The van der Waals surface area contributed by atoms with Crippen molar-refractivity contribution in [2.75, 3.05) is 27.2 Å². The van der Waals surface area contributed by atoms with E-state index in [-0.39, 0.29) is 18.6 Å². The molecule has 0 saturated carbocycles. The highest BCUT2D eigenvalue weighted by atomic mass is 16.5. The Morgan fingerprint density at radius 1 is 1.28 bits per heavy atom. The number of pyridine rings is 1. The van der Waals surface area contributed by atoms with Crippen LogP contribution in [-0.2, 0) is 11.3 Å². The van der Waals surface area contributed by atoms with Gasteiger partial charge in [-0.2, -0.15) is 0 Å². The Labute approximate surface area is 149 Å². The summed E-state index contributed by atoms with van der Waals surface area (Å²) < 4.78 is 5.57. The first-order valence-corrected chi connectivity index (χ1v) is 8.69. The second-order valence-corrected chi connectivity index (χ2v) is 6.70. The zero-order valence-electron chi connectivity index (χ0n) is 14.9. The molecule has 3 rings (SSSR count). The van der Waals surface area contributed by atoms with Crippen LogP contribution in [0.25, 0.3) is 0 Å². The number of benzene rings is 1. The van der Waals surface area contributed by atoms with Gasteiger partial charge in [0, 0.05) is 19.3 Å². The van der Waals surface area contributed by atoms with E-state index in [1.165, 1.54) is 11.1 Å². The zero-order chi connectivity index (χ0) is 17.6. The molecule has 1 fully saturated rings. The molecule has 1 aromatic heterocycles. The third kappa shape index (κ3) is 4.57. The number of likely N-dealkylation sites (tertiary alicyclic amines) is 1. The smallest absolute Gasteiger partial charge is 0.261 e. The Morgan fingerprint density at radius 2 is 2.08 bits per heavy atom. The van der Waals surface area contributed by atoms with Crippen molar-refractivity contribution in [3.63, 3.8) is 0 Å². The van der Waals surface area contributed by atoms with Crippen LogP contribution in [0, 0.1) is 0 Å². The minimum atomic E-state index is 0.0312. The molecule has 0 radical (unpaired) electrons. The van der Waals surface area contributed by atoms with Gasteiger partial charge >= 0.3 is 0 Å². The maximum atomic E-state index is 12.6. The average molecular weight is 339 g/mol. The molecule has 1 saturated heterocycles. The summed E-state index contributed by atoms with van der Waals surface area (Å²) >= 11 is 0. The highest BCUT2D eigenvalue weighted by Gasteiger charge is 2.30. The second kappa shape index (κ2) is 8.12. The molecule has 0 N–H and O–H groups in total. The number of ether oxygens (including phenoxy) is 1. The summed E-state index contributed by atoms with van der Waals surface area (Å²) in [4.78, 5) is 20.7. The Balaban J connectivity index is 1.62. The summed E-state index contributed by atoms with van der Waals surface area (Å²) in [5, 5.41) is 0. The number of nitrogens with zero attached hydrogens (tertiary/aromatic N) is 3. The molecule has 5 nitrogen and oxygen atoms in total. The van der Waals surface area contributed by atoms with Gasteiger partial charge in [0.1, 0.15) is 5.75 Å². The quantitative estimate of drug-likeness (QED) is 0.812. The molecule has 1 aliphatic rings. The van der Waals surface area contributed by atoms with Crippen molar-refractivity contribution < 1.29 is 9.53 Å². The highest BCUT2D eigenvalue weighted by molar-refractivity contribution is 5.78. The first kappa shape index (κ1) is 17.4. The van der Waals surface area contributed by atoms with E-state index in [0.717, 1.165) is 25.9 Å². The summed E-state index contributed by atoms with van der Waals surface area (Å²) in [5.74, 6) is 0.656. The van der Waals surface area contributed by atoms with Gasteiger partial charge in [-0.05, 0) is 50.2 Å². The number of hydrogen-bond donors (Lipinski definition) is 0. The topological polar surface area (TPSA) is 45.7 Å². The monoisotopic (exact) mass is 339 g/mol. The molecule has 2 aromatic rings. The maximum absolute atomic E-state index is 12.6. The number of amides is 1. The Kier molecular flexibility index (Phi) is 5.66. The van der Waals surface area contributed by atoms with Crippen molar-refractivity contribution in [1.82, 2.24) is 14.8 Å². The molecule has 5 heteroatoms. The van der Waals surface area contributed by atoms with Crippen LogP contribution in [0.3, 0.4) is 0 Å². The number of carbonyl (C=O) groups excluding carboxylic acids is 1. The molecular formula is C20H25N3O2. The van der Waals surface area contributed by atoms with Crippen molar-refractivity contribution >= 4 is 5.91 Å². The van der Waals surface area contributed by atoms with Crippen molar-refractivity contribution in [2.24, 2.45) is 0 Å². The van der Waals surface area contributed by atoms with Crippen LogP contribution in [-0.4, -0.2) is 47.9 Å². The van der Waals surface area contributed by atoms with Gasteiger partial charge in [-0.3, -0.25) is 9.78 Å². The van der Waals surface area contributed by atoms with Crippen LogP contribution in [0.2, 0.25) is 0 Å². The van der Waals surface area contributed by atoms with Crippen LogP contribution < -0.4 is 4.74 Å². The van der Waals surface area contributed by atoms with Gasteiger partial charge in [0.25, 0.3) is 5.91 Å². The van der Waals surface area contributed by atoms with Crippen molar-refractivity contribution in [2.45, 2.75) is 25.4 Å². The van der Waals surface area contributed by atoms with Crippen LogP contribution >= 0.6 is 0 Å². The van der Waals surface area contributed by atoms with Crippen molar-refractivity contribution in [1.29, 1.82) is 0 Å². The van der Waals surface area contributed by atoms with Crippen LogP contribution in [0.15, 0.2) is 48.8 Å². The summed E-state index contributed by atoms with van der Waals surface area (Å²) in [5.41, 5.74) is 2.49. The third-order valence-corrected chi connectivity index (χ3v) is 4.43. The number of carbonyl (C=O) groups is 1. The minimum absolute atomic E-state index is 0.0312. The average Bonchev–Trinajstić information content (AvgIpc) is 3.10. The largest absolute Gasteiger partial charge is 0.482 e. The van der Waals surface area contributed by atoms with Crippen molar-refractivity contribution in [3.05, 3.63) is 59.9 Å². The summed E-state index contributed by atoms with van der Waals surface area (Å²) in [6.45, 7) is 1.77. The van der Waals surface area contributed by atoms with Gasteiger partial charge in [0.05, 0.1) is 12.2 Å². The van der Waals surface area contributed by atoms with Gasteiger partial charge in [0.2, 0.25) is 0 Å². The lowest BCUT2D eigenvalue weighted by Crippen LogP contribution is -2.34. The fourth-order valence-corrected chi connectivity index (χ4v) is 3.28. The van der Waals surface area contributed by atoms with Crippen molar-refractivity contribution in [3.8, 4) is 5.75 Å². The van der Waals surface area contributed by atoms with E-state index in [4.69, 9.17) is 4.74 Å². The predicted molar refractivity (Wildman–Crippen MR) is 97.3 cm³/mol. The summed E-state index contributed by atoms with van der Waals surface area (Å²) in [6, 6.07) is 12.4. The van der Waals surface area contributed by atoms with E-state index in [1.807, 2.05) is 11.0 Å². The highest BCUT2D eigenvalue weighted by Crippen LogP contribution is 2.32. The molecule has 1 unspecified atom stereocenters. The molecule has 0 spiro atoms. The first-order chi connectivity index (χ1) is 12.1. The Bertz CT molecular complexity index is 686. The van der Waals surface area contributed by atoms with E-state index >= 15 is 0 Å². The lowest BCUT2D eigenvalue weighted by molar-refractivity contribution is -0.134. The standard InChI is InChI=1S/C20H25N3O2/c1-22(2)14-16-7-9-17(10-8-16)19-6-4-12-23(19)20(24)15-25-18-5-3-11-21-13-18/h3,5,7-11,13,19H,4,6,12,14-15H2,1-2H3. The molecule has 132 valence electrons. The lowest BCUT2D eigenvalue weighted by Gasteiger charge is -2.25. The summed E-state index contributed by atoms with van der Waals surface area (Å²) in [6.07, 6.45) is 5.35. The Morgan fingerprint density at radius 3 is 2.76 bits per heavy atom. The minimum Gasteiger partial charge on any atom is -0.482 e.